The van der Waals surface area contributed by atoms with E-state index >= 15 is 0 Å². The fourth-order valence-electron chi connectivity index (χ4n) is 29.4. The van der Waals surface area contributed by atoms with Gasteiger partial charge in [-0.2, -0.15) is 0 Å². The van der Waals surface area contributed by atoms with Crippen molar-refractivity contribution in [1.29, 1.82) is 0 Å². The second-order valence-electron chi connectivity index (χ2n) is 60.5. The third-order valence-corrected chi connectivity index (χ3v) is 73.7. The Morgan fingerprint density at radius 3 is 0.942 bits per heavy atom. The van der Waals surface area contributed by atoms with E-state index in [1.807, 2.05) is 0 Å². The monoisotopic (exact) mass is 2020 g/mol. The van der Waals surface area contributed by atoms with Crippen LogP contribution in [0.3, 0.4) is 0 Å². The number of ketones is 1. The summed E-state index contributed by atoms with van der Waals surface area (Å²) in [6, 6.07) is 0. The summed E-state index contributed by atoms with van der Waals surface area (Å²) in [6.07, 6.45) is 50.8. The minimum atomic E-state index is -1.92. The highest BCUT2D eigenvalue weighted by Gasteiger charge is 2.67. The van der Waals surface area contributed by atoms with E-state index in [1.54, 1.807) is 0 Å². The van der Waals surface area contributed by atoms with Crippen molar-refractivity contribution in [3.05, 3.63) is 23.3 Å². The summed E-state index contributed by atoms with van der Waals surface area (Å²) in [5.41, 5.74) is 1.93. The number of rotatable bonds is 24. The number of carbonyl (C=O) groups excluding carboxylic acids is 1. The highest BCUT2D eigenvalue weighted by molar-refractivity contribution is 6.76. The summed E-state index contributed by atoms with van der Waals surface area (Å²) in [7, 11) is -11.1. The van der Waals surface area contributed by atoms with Crippen LogP contribution in [0.5, 0.6) is 0 Å². The summed E-state index contributed by atoms with van der Waals surface area (Å²) in [5.74, 6) is 19.4. The van der Waals surface area contributed by atoms with Gasteiger partial charge in [0.25, 0.3) is 0 Å². The second kappa shape index (κ2) is 43.2. The van der Waals surface area contributed by atoms with Gasteiger partial charge in [-0.15, -0.1) is 19.3 Å². The van der Waals surface area contributed by atoms with E-state index in [2.05, 4.69) is 309 Å². The summed E-state index contributed by atoms with van der Waals surface area (Å²) >= 11 is 0. The molecule has 4 N–H and O–H groups in total. The Bertz CT molecular complexity index is 4250. The lowest BCUT2D eigenvalue weighted by atomic mass is 9.48. The minimum absolute atomic E-state index is 0.0123. The number of hydrogen-bond acceptors (Lipinski definition) is 11. The van der Waals surface area contributed by atoms with E-state index in [0.29, 0.717) is 95.1 Å². The Morgan fingerprint density at radius 1 is 0.341 bits per heavy atom. The van der Waals surface area contributed by atoms with Crippen LogP contribution in [0.25, 0.3) is 0 Å². The predicted octanol–water partition coefficient (Wildman–Crippen LogP) is 31.6. The number of terminal acetylenes is 3. The first kappa shape index (κ1) is 120. The van der Waals surface area contributed by atoms with Crippen LogP contribution >= 0.6 is 0 Å². The lowest BCUT2D eigenvalue weighted by Crippen LogP contribution is -2.56. The number of aliphatic hydroxyl groups excluding tert-OH is 3. The second-order valence-corrected chi connectivity index (χ2v) is 89.4. The molecule has 12 rings (SSSR count). The molecule has 0 aromatic rings. The fraction of sp³-hybridized carbons (Fsp3) is 0.909. The van der Waals surface area contributed by atoms with Gasteiger partial charge in [0.2, 0.25) is 0 Å². The fourth-order valence-corrected chi connectivity index (χ4v) is 35.7. The Balaban J connectivity index is 0.000000209. The first-order chi connectivity index (χ1) is 62.8. The maximum atomic E-state index is 13.2. The molecule has 138 heavy (non-hydrogen) atoms. The largest absolute Gasteiger partial charge is 0.417 e. The molecule has 0 saturated heterocycles. The van der Waals surface area contributed by atoms with Gasteiger partial charge >= 0.3 is 0 Å². The van der Waals surface area contributed by atoms with Crippen molar-refractivity contribution in [2.75, 3.05) is 52.9 Å². The molecule has 10 fully saturated rings. The number of hydrogen-bond donors (Lipinski definition) is 4. The molecule has 0 aliphatic heterocycles. The first-order valence-corrected chi connectivity index (χ1v) is 74.1. The topological polar surface area (TPSA) is 153 Å². The van der Waals surface area contributed by atoms with Crippen molar-refractivity contribution in [3.8, 4) is 37.0 Å². The van der Waals surface area contributed by atoms with Crippen LogP contribution in [-0.4, -0.2) is 141 Å². The van der Waals surface area contributed by atoms with Crippen LogP contribution < -0.4 is 0 Å². The molecule has 11 nitrogen and oxygen atoms in total. The SMILES string of the molecule is C#CC1=CCC2[C@H](CO)C([C@@]3(C)CC[C@H](O)C[C@@H]3CO)CC[C@]12C.C#CC1=CCC2[C@H](CO[Si](C)(C)C(C)(C)C)C([C@@]3(C)CC[C@H](C)C[C@@H]3CO[Si](C)(C)C(C)(C)C)CC[C@]12C.C#C[C@]1(O)CCC2[C@H](CO[Si](C)(C)C(C)(C)C)C([C@@]3(C)CC[C@H](C)C[C@@H]3CO[Si](C)(C)C(C)(C)C)CC[C@@]21C.C[C@H]1CC[C@](C)(C2CC[C@]3(C)C(=O)CCC3[C@@H]2CO[Si](C)(C)C(C)(C)C)[C@@H](CO[Si](C)(C)C(C)(C)C)C1. The predicted molar refractivity (Wildman–Crippen MR) is 600 cm³/mol. The zero-order valence-corrected chi connectivity index (χ0v) is 104. The Kier molecular flexibility index (Phi) is 37.7. The van der Waals surface area contributed by atoms with Crippen LogP contribution in [0.2, 0.25) is 109 Å². The molecule has 10 saturated carbocycles. The van der Waals surface area contributed by atoms with Crippen LogP contribution in [-0.2, 0) is 31.4 Å². The van der Waals surface area contributed by atoms with Gasteiger partial charge in [-0.1, -0.05) is 250 Å². The minimum Gasteiger partial charge on any atom is -0.417 e. The standard InChI is InChI=1S/C34H64O3Si2.C34H62O2Si2.C32H62O3Si2.C21H32O3/c1-15-34(35)21-18-29-27(24-37-39(13,14)31(6,7)8)28(17-20-33(29,34)10)32(9)19-16-25(2)22-26(32)23-36-38(11,12)30(3,4)5;1-15-26-16-17-29-28(24-36-38(13,14)32(6,7)8)30(19-21-33(26,29)9)34(10)20-18-25(2)22-27(34)23-35-37(11,12)31(3,4)5;1-23-16-18-31(8,24(20-23)21-34-36(10,11)29(2,3)4)27-17-19-32(9)26(14-15-28(32)33)25(27)22-35-37(12,13)30(5,6)7;1-4-14-5-6-18-17(13-23)19(8-10-20(14,18)2)21(3)9-7-16(24)11-15(21)12-22/h1,25-29,35H,16-24H2,2-14H3;1,16,25,27-30H,17-24H2,2-14H3;23-27H,14-22H2,1-13H3;1,5,15-19,22-24H,6-13H2,2-3H3/t25-,26+,27+,28?,29?,32-,33-,34-;25-,27+,28-,29?,30?,33+,34-;23-,24+,25-,26?,27?,31-,32-;15-,16+,17+,18?,19?,20-,21+/m0001/s1. The van der Waals surface area contributed by atoms with Crippen molar-refractivity contribution in [1.82, 2.24) is 0 Å². The molecular weight excluding hydrogens is 1800 g/mol. The third kappa shape index (κ3) is 24.2. The molecule has 0 spiro atoms. The summed E-state index contributed by atoms with van der Waals surface area (Å²) in [5, 5.41) is 43.2. The number of aliphatic hydroxyl groups is 4. The zero-order chi connectivity index (χ0) is 105. The molecule has 8 unspecified atom stereocenters. The lowest BCUT2D eigenvalue weighted by molar-refractivity contribution is -0.136. The number of carbonyl (C=O) groups is 1. The molecule has 0 amide bonds. The molecule has 794 valence electrons. The zero-order valence-electron chi connectivity index (χ0n) is 97.6. The van der Waals surface area contributed by atoms with E-state index in [-0.39, 0.29) is 105 Å². The molecule has 0 aromatic carbocycles. The number of Topliss-reactive ketones (excluding diaryl/α,β-unsaturated/α-hetero) is 1. The summed E-state index contributed by atoms with van der Waals surface area (Å²) in [6.45, 7) is 104. The highest BCUT2D eigenvalue weighted by Crippen LogP contribution is 2.70. The van der Waals surface area contributed by atoms with Crippen LogP contribution in [0.4, 0.5) is 0 Å². The smallest absolute Gasteiger partial charge is 0.191 e. The van der Waals surface area contributed by atoms with Gasteiger partial charge in [-0.25, -0.2) is 0 Å². The molecule has 0 bridgehead atoms. The molecule has 29 atom stereocenters. The van der Waals surface area contributed by atoms with Crippen molar-refractivity contribution in [2.45, 2.75) is 488 Å². The third-order valence-electron chi connectivity index (χ3n) is 46.7. The summed E-state index contributed by atoms with van der Waals surface area (Å²) < 4.78 is 42.0. The average Bonchev–Trinajstić information content (AvgIpc) is 1.53. The maximum absolute atomic E-state index is 13.2. The molecule has 12 aliphatic carbocycles. The van der Waals surface area contributed by atoms with Gasteiger partial charge in [0.05, 0.1) is 6.10 Å². The van der Waals surface area contributed by atoms with Gasteiger partial charge in [-0.3, -0.25) is 4.79 Å². The van der Waals surface area contributed by atoms with E-state index in [1.165, 1.54) is 82.6 Å². The normalized spacial score (nSPS) is 40.2. The van der Waals surface area contributed by atoms with E-state index in [4.69, 9.17) is 45.8 Å². The van der Waals surface area contributed by atoms with Gasteiger partial charge in [0.15, 0.2) is 49.9 Å². The van der Waals surface area contributed by atoms with E-state index < -0.39 is 55.5 Å². The average molecular weight is 2020 g/mol. The number of fused-ring (bicyclic) bond motifs is 4. The van der Waals surface area contributed by atoms with Gasteiger partial charge in [-0.05, 0) is 384 Å². The highest BCUT2D eigenvalue weighted by atomic mass is 28.4. The van der Waals surface area contributed by atoms with Gasteiger partial charge < -0.3 is 47.0 Å². The van der Waals surface area contributed by atoms with Gasteiger partial charge in [0, 0.05) is 92.1 Å². The summed E-state index contributed by atoms with van der Waals surface area (Å²) in [4.78, 5) is 13.2. The van der Waals surface area contributed by atoms with Crippen LogP contribution in [0.1, 0.15) is 368 Å². The number of allylic oxidation sites excluding steroid dienone is 4. The van der Waals surface area contributed by atoms with Crippen molar-refractivity contribution < 1.29 is 51.8 Å². The Hall–Kier alpha value is -1.27. The van der Waals surface area contributed by atoms with Crippen molar-refractivity contribution in [3.63, 3.8) is 0 Å². The van der Waals surface area contributed by atoms with Crippen LogP contribution in [0.15, 0.2) is 23.3 Å². The van der Waals surface area contributed by atoms with E-state index in [0.717, 1.165) is 146 Å². The molecule has 12 aliphatic rings. The van der Waals surface area contributed by atoms with E-state index in [9.17, 15) is 25.2 Å². The maximum Gasteiger partial charge on any atom is 0.191 e. The molecule has 0 heterocycles. The Morgan fingerprint density at radius 2 is 0.623 bits per heavy atom. The lowest BCUT2D eigenvalue weighted by Gasteiger charge is -2.58. The molecule has 17 heteroatoms. The quantitative estimate of drug-likeness (QED) is 0.0540. The molecular formula is C121H220O11Si6. The Labute approximate surface area is 858 Å². The van der Waals surface area contributed by atoms with Gasteiger partial charge in [0.1, 0.15) is 11.4 Å². The molecule has 0 radical (unpaired) electrons. The first-order valence-electron chi connectivity index (χ1n) is 56.6. The van der Waals surface area contributed by atoms with Crippen LogP contribution in [0, 0.1) is 193 Å². The van der Waals surface area contributed by atoms with Crippen molar-refractivity contribution in [2.24, 2.45) is 156 Å². The molecule has 0 aromatic heterocycles. The van der Waals surface area contributed by atoms with Crippen molar-refractivity contribution >= 4 is 55.7 Å².